The summed E-state index contributed by atoms with van der Waals surface area (Å²) < 4.78 is 51.9. The van der Waals surface area contributed by atoms with Gasteiger partial charge in [0.2, 0.25) is 0 Å². The molecule has 2 aliphatic heterocycles. The summed E-state index contributed by atoms with van der Waals surface area (Å²) in [5.41, 5.74) is 1.01. The van der Waals surface area contributed by atoms with E-state index in [1.807, 2.05) is 19.9 Å². The van der Waals surface area contributed by atoms with Crippen molar-refractivity contribution in [1.82, 2.24) is 4.90 Å². The van der Waals surface area contributed by atoms with Crippen molar-refractivity contribution >= 4 is 21.6 Å². The Bertz CT molecular complexity index is 1300. The first-order valence-electron chi connectivity index (χ1n) is 13.7. The number of hydrogen-bond donors (Lipinski definition) is 0. The third kappa shape index (κ3) is 5.27. The molecule has 2 heterocycles. The molecule has 0 bridgehead atoms. The minimum Gasteiger partial charge on any atom is -0.495 e. The van der Waals surface area contributed by atoms with Crippen molar-refractivity contribution in [2.24, 2.45) is 0 Å². The molecule has 212 valence electrons. The quantitative estimate of drug-likeness (QED) is 0.460. The number of morpholine rings is 1. The highest BCUT2D eigenvalue weighted by molar-refractivity contribution is 7.93. The third-order valence-corrected chi connectivity index (χ3v) is 9.83. The molecule has 0 atom stereocenters. The van der Waals surface area contributed by atoms with Crippen LogP contribution in [0.15, 0.2) is 41.3 Å². The molecule has 10 heteroatoms. The maximum atomic E-state index is 14.2. The number of rotatable bonds is 9. The Hall–Kier alpha value is -2.66. The Labute approximate surface area is 231 Å². The fourth-order valence-corrected chi connectivity index (χ4v) is 7.63. The van der Waals surface area contributed by atoms with Crippen molar-refractivity contribution in [3.05, 3.63) is 47.5 Å². The number of amides is 1. The van der Waals surface area contributed by atoms with E-state index in [4.69, 9.17) is 18.9 Å². The Kier molecular flexibility index (Phi) is 8.19. The second kappa shape index (κ2) is 11.4. The molecule has 1 aliphatic carbocycles. The number of methoxy groups -OCH3 is 1. The van der Waals surface area contributed by atoms with Gasteiger partial charge >= 0.3 is 0 Å². The molecule has 39 heavy (non-hydrogen) atoms. The Morgan fingerprint density at radius 2 is 1.82 bits per heavy atom. The predicted molar refractivity (Wildman–Crippen MR) is 147 cm³/mol. The van der Waals surface area contributed by atoms with Gasteiger partial charge in [0, 0.05) is 19.6 Å². The van der Waals surface area contributed by atoms with Gasteiger partial charge in [0.1, 0.15) is 16.4 Å². The molecule has 0 radical (unpaired) electrons. The maximum Gasteiger partial charge on any atom is 0.274 e. The van der Waals surface area contributed by atoms with Gasteiger partial charge in [0.25, 0.3) is 15.9 Å². The van der Waals surface area contributed by atoms with Crippen molar-refractivity contribution in [1.29, 1.82) is 0 Å². The van der Waals surface area contributed by atoms with E-state index in [-0.39, 0.29) is 16.7 Å². The van der Waals surface area contributed by atoms with Crippen LogP contribution in [0.5, 0.6) is 11.5 Å². The molecule has 0 N–H and O–H groups in total. The van der Waals surface area contributed by atoms with Gasteiger partial charge in [0.05, 0.1) is 50.7 Å². The van der Waals surface area contributed by atoms with E-state index >= 15 is 0 Å². The van der Waals surface area contributed by atoms with Crippen molar-refractivity contribution in [3.8, 4) is 11.5 Å². The van der Waals surface area contributed by atoms with Gasteiger partial charge in [-0.05, 0) is 81.0 Å². The number of aryl methyl sites for hydroxylation is 1. The van der Waals surface area contributed by atoms with Gasteiger partial charge < -0.3 is 18.9 Å². The SMILES string of the molecule is CCOc1ccc2c(c1)C1(CCC(OCCN3CCOCC3)CC1)C(=O)N2S(=O)(=O)c1ccc(C)cc1OC. The molecule has 5 rings (SSSR count). The lowest BCUT2D eigenvalue weighted by Crippen LogP contribution is -2.46. The van der Waals surface area contributed by atoms with E-state index in [1.54, 1.807) is 24.3 Å². The van der Waals surface area contributed by atoms with Crippen LogP contribution in [0.3, 0.4) is 0 Å². The van der Waals surface area contributed by atoms with Crippen molar-refractivity contribution in [2.45, 2.75) is 55.9 Å². The third-order valence-electron chi connectivity index (χ3n) is 8.10. The van der Waals surface area contributed by atoms with Crippen LogP contribution in [-0.4, -0.2) is 78.5 Å². The maximum absolute atomic E-state index is 14.2. The van der Waals surface area contributed by atoms with Crippen LogP contribution in [-0.2, 0) is 29.7 Å². The van der Waals surface area contributed by atoms with Crippen LogP contribution in [0.25, 0.3) is 0 Å². The number of hydrogen-bond acceptors (Lipinski definition) is 8. The van der Waals surface area contributed by atoms with E-state index < -0.39 is 21.3 Å². The smallest absolute Gasteiger partial charge is 0.274 e. The van der Waals surface area contributed by atoms with Gasteiger partial charge in [-0.25, -0.2) is 12.7 Å². The molecule has 2 fully saturated rings. The molecule has 1 saturated carbocycles. The standard InChI is InChI=1S/C29H38N2O7S/c1-4-37-23-6-7-25-24(20-23)29(11-9-22(10-12-29)38-18-15-30-13-16-36-17-14-30)28(32)31(25)39(33,34)27-8-5-21(2)19-26(27)35-3/h5-8,19-20,22H,4,9-18H2,1-3H3. The second-order valence-electron chi connectivity index (χ2n) is 10.4. The normalized spacial score (nSPS) is 23.7. The molecular weight excluding hydrogens is 520 g/mol. The molecule has 2 aromatic carbocycles. The summed E-state index contributed by atoms with van der Waals surface area (Å²) in [7, 11) is -2.80. The van der Waals surface area contributed by atoms with E-state index in [0.717, 1.165) is 42.7 Å². The van der Waals surface area contributed by atoms with Gasteiger partial charge in [0.15, 0.2) is 0 Å². The minimum atomic E-state index is -4.23. The number of carbonyl (C=O) groups is 1. The summed E-state index contributed by atoms with van der Waals surface area (Å²) in [5.74, 6) is 0.425. The average molecular weight is 559 g/mol. The number of fused-ring (bicyclic) bond motifs is 2. The Morgan fingerprint density at radius 3 is 2.51 bits per heavy atom. The van der Waals surface area contributed by atoms with Crippen molar-refractivity contribution in [2.75, 3.05) is 57.5 Å². The number of nitrogens with zero attached hydrogens (tertiary/aromatic N) is 2. The summed E-state index contributed by atoms with van der Waals surface area (Å²) >= 11 is 0. The average Bonchev–Trinajstić information content (AvgIpc) is 3.17. The number of carbonyl (C=O) groups excluding carboxylic acids is 1. The van der Waals surface area contributed by atoms with Crippen LogP contribution < -0.4 is 13.8 Å². The van der Waals surface area contributed by atoms with E-state index in [1.165, 1.54) is 13.2 Å². The molecule has 0 aromatic heterocycles. The summed E-state index contributed by atoms with van der Waals surface area (Å²) in [4.78, 5) is 16.5. The summed E-state index contributed by atoms with van der Waals surface area (Å²) in [6.07, 6.45) is 2.40. The van der Waals surface area contributed by atoms with Crippen LogP contribution in [0, 0.1) is 6.92 Å². The summed E-state index contributed by atoms with van der Waals surface area (Å²) in [6.45, 7) is 9.06. The highest BCUT2D eigenvalue weighted by atomic mass is 32.2. The molecule has 1 amide bonds. The van der Waals surface area contributed by atoms with Crippen molar-refractivity contribution in [3.63, 3.8) is 0 Å². The van der Waals surface area contributed by atoms with E-state index in [0.29, 0.717) is 55.9 Å². The molecule has 9 nitrogen and oxygen atoms in total. The zero-order chi connectivity index (χ0) is 27.6. The van der Waals surface area contributed by atoms with E-state index in [9.17, 15) is 13.2 Å². The zero-order valence-electron chi connectivity index (χ0n) is 23.0. The fraction of sp³-hybridized carbons (Fsp3) is 0.552. The van der Waals surface area contributed by atoms with Crippen LogP contribution >= 0.6 is 0 Å². The Balaban J connectivity index is 1.41. The first-order chi connectivity index (χ1) is 18.8. The Morgan fingerprint density at radius 1 is 1.08 bits per heavy atom. The van der Waals surface area contributed by atoms with E-state index in [2.05, 4.69) is 4.90 Å². The van der Waals surface area contributed by atoms with Gasteiger partial charge in [-0.2, -0.15) is 0 Å². The number of ether oxygens (including phenoxy) is 4. The summed E-state index contributed by atoms with van der Waals surface area (Å²) in [6, 6.07) is 10.2. The van der Waals surface area contributed by atoms with Gasteiger partial charge in [-0.15, -0.1) is 0 Å². The summed E-state index contributed by atoms with van der Waals surface area (Å²) in [5, 5.41) is 0. The monoisotopic (exact) mass is 558 g/mol. The topological polar surface area (TPSA) is 94.6 Å². The molecule has 1 spiro atoms. The zero-order valence-corrected chi connectivity index (χ0v) is 23.8. The van der Waals surface area contributed by atoms with Crippen LogP contribution in [0.1, 0.15) is 43.7 Å². The number of anilines is 1. The lowest BCUT2D eigenvalue weighted by Gasteiger charge is -2.36. The van der Waals surface area contributed by atoms with Crippen molar-refractivity contribution < 1.29 is 32.2 Å². The van der Waals surface area contributed by atoms with Gasteiger partial charge in [-0.3, -0.25) is 9.69 Å². The first-order valence-corrected chi connectivity index (χ1v) is 15.2. The highest BCUT2D eigenvalue weighted by Gasteiger charge is 2.56. The molecule has 2 aromatic rings. The van der Waals surface area contributed by atoms with Crippen LogP contribution in [0.4, 0.5) is 5.69 Å². The lowest BCUT2D eigenvalue weighted by molar-refractivity contribution is -0.124. The lowest BCUT2D eigenvalue weighted by atomic mass is 9.69. The largest absolute Gasteiger partial charge is 0.495 e. The number of benzene rings is 2. The minimum absolute atomic E-state index is 0.0269. The van der Waals surface area contributed by atoms with Gasteiger partial charge in [-0.1, -0.05) is 6.07 Å². The second-order valence-corrected chi connectivity index (χ2v) is 12.2. The fourth-order valence-electron chi connectivity index (χ4n) is 5.98. The molecular formula is C29H38N2O7S. The predicted octanol–water partition coefficient (Wildman–Crippen LogP) is 3.67. The first kappa shape index (κ1) is 27.9. The highest BCUT2D eigenvalue weighted by Crippen LogP contribution is 2.53. The van der Waals surface area contributed by atoms with Crippen LogP contribution in [0.2, 0.25) is 0 Å². The molecule has 3 aliphatic rings. The number of sulfonamides is 1. The molecule has 0 unspecified atom stereocenters. The molecule has 1 saturated heterocycles.